The Balaban J connectivity index is 1.96. The molecule has 2 aromatic rings. The molecule has 1 amide bonds. The van der Waals surface area contributed by atoms with Gasteiger partial charge in [-0.25, -0.2) is 0 Å². The average Bonchev–Trinajstić information content (AvgIpc) is 2.52. The van der Waals surface area contributed by atoms with E-state index in [0.29, 0.717) is 23.1 Å². The predicted octanol–water partition coefficient (Wildman–Crippen LogP) is 4.45. The molecule has 122 valence electrons. The van der Waals surface area contributed by atoms with E-state index < -0.39 is 6.10 Å². The van der Waals surface area contributed by atoms with Crippen molar-refractivity contribution in [2.24, 2.45) is 0 Å². The number of ether oxygens (including phenoxy) is 2. The lowest BCUT2D eigenvalue weighted by Crippen LogP contribution is -2.30. The maximum atomic E-state index is 12.2. The van der Waals surface area contributed by atoms with Crippen LogP contribution in [0.5, 0.6) is 11.5 Å². The van der Waals surface area contributed by atoms with Gasteiger partial charge in [0.2, 0.25) is 0 Å². The first-order valence-electron chi connectivity index (χ1n) is 7.46. The summed E-state index contributed by atoms with van der Waals surface area (Å²) in [5.41, 5.74) is 1.58. The van der Waals surface area contributed by atoms with E-state index in [4.69, 9.17) is 21.1 Å². The maximum absolute atomic E-state index is 12.2. The number of carbonyl (C=O) groups excluding carboxylic acids is 1. The second-order valence-corrected chi connectivity index (χ2v) is 5.55. The van der Waals surface area contributed by atoms with Crippen LogP contribution in [0.4, 0.5) is 5.69 Å². The zero-order chi connectivity index (χ0) is 16.8. The van der Waals surface area contributed by atoms with Crippen molar-refractivity contribution in [2.75, 3.05) is 11.9 Å². The molecule has 0 fully saturated rings. The molecular weight excluding hydrogens is 314 g/mol. The molecule has 0 aliphatic heterocycles. The fourth-order valence-corrected chi connectivity index (χ4v) is 2.26. The fraction of sp³-hybridized carbons (Fsp3) is 0.278. The van der Waals surface area contributed by atoms with E-state index in [9.17, 15) is 4.79 Å². The first-order chi connectivity index (χ1) is 11.0. The molecule has 0 saturated carbocycles. The van der Waals surface area contributed by atoms with Gasteiger partial charge in [0.15, 0.2) is 6.10 Å². The van der Waals surface area contributed by atoms with Gasteiger partial charge in [0.05, 0.1) is 6.61 Å². The minimum absolute atomic E-state index is 0.219. The molecule has 0 saturated heterocycles. The lowest BCUT2D eigenvalue weighted by atomic mass is 10.2. The summed E-state index contributed by atoms with van der Waals surface area (Å²) >= 11 is 5.91. The van der Waals surface area contributed by atoms with Gasteiger partial charge in [0.1, 0.15) is 11.5 Å². The summed E-state index contributed by atoms with van der Waals surface area (Å²) < 4.78 is 11.1. The van der Waals surface area contributed by atoms with Gasteiger partial charge in [-0.15, -0.1) is 0 Å². The van der Waals surface area contributed by atoms with Crippen LogP contribution >= 0.6 is 11.6 Å². The Hall–Kier alpha value is -2.20. The number of benzene rings is 2. The third kappa shape index (κ3) is 4.89. The van der Waals surface area contributed by atoms with E-state index in [2.05, 4.69) is 5.32 Å². The third-order valence-electron chi connectivity index (χ3n) is 3.24. The van der Waals surface area contributed by atoms with Gasteiger partial charge in [-0.3, -0.25) is 4.79 Å². The van der Waals surface area contributed by atoms with E-state index in [0.717, 1.165) is 11.3 Å². The first-order valence-corrected chi connectivity index (χ1v) is 7.84. The molecule has 1 atom stereocenters. The molecule has 2 aromatic carbocycles. The Morgan fingerprint density at radius 1 is 1.22 bits per heavy atom. The second kappa shape index (κ2) is 7.88. The zero-order valence-electron chi connectivity index (χ0n) is 13.4. The first kappa shape index (κ1) is 17.2. The van der Waals surface area contributed by atoms with Crippen LogP contribution in [0.25, 0.3) is 0 Å². The molecule has 5 heteroatoms. The molecule has 0 bridgehead atoms. The number of aryl methyl sites for hydroxylation is 1. The van der Waals surface area contributed by atoms with Crippen molar-refractivity contribution in [3.63, 3.8) is 0 Å². The predicted molar refractivity (Wildman–Crippen MR) is 92.5 cm³/mol. The van der Waals surface area contributed by atoms with E-state index in [1.165, 1.54) is 0 Å². The van der Waals surface area contributed by atoms with Crippen LogP contribution in [0.15, 0.2) is 42.5 Å². The highest BCUT2D eigenvalue weighted by Gasteiger charge is 2.16. The molecule has 4 nitrogen and oxygen atoms in total. The maximum Gasteiger partial charge on any atom is 0.265 e. The summed E-state index contributed by atoms with van der Waals surface area (Å²) in [4.78, 5) is 12.2. The second-order valence-electron chi connectivity index (χ2n) is 5.12. The number of anilines is 1. The highest BCUT2D eigenvalue weighted by molar-refractivity contribution is 6.30. The molecule has 2 rings (SSSR count). The van der Waals surface area contributed by atoms with Gasteiger partial charge < -0.3 is 14.8 Å². The van der Waals surface area contributed by atoms with Crippen molar-refractivity contribution in [3.8, 4) is 11.5 Å². The number of hydrogen-bond donors (Lipinski definition) is 1. The Kier molecular flexibility index (Phi) is 5.88. The normalized spacial score (nSPS) is 11.7. The lowest BCUT2D eigenvalue weighted by Gasteiger charge is -2.16. The molecule has 0 heterocycles. The SMILES string of the molecule is CCOc1ccc(NC(=O)C(C)Oc2ccc(Cl)cc2C)cc1. The molecule has 23 heavy (non-hydrogen) atoms. The fourth-order valence-electron chi connectivity index (χ4n) is 2.03. The molecule has 0 spiro atoms. The van der Waals surface area contributed by atoms with Gasteiger partial charge in [-0.05, 0) is 68.8 Å². The molecule has 1 unspecified atom stereocenters. The highest BCUT2D eigenvalue weighted by Crippen LogP contribution is 2.23. The topological polar surface area (TPSA) is 47.6 Å². The van der Waals surface area contributed by atoms with Crippen molar-refractivity contribution >= 4 is 23.2 Å². The van der Waals surface area contributed by atoms with Gasteiger partial charge in [-0.2, -0.15) is 0 Å². The largest absolute Gasteiger partial charge is 0.494 e. The van der Waals surface area contributed by atoms with Crippen molar-refractivity contribution in [1.82, 2.24) is 0 Å². The van der Waals surface area contributed by atoms with Gasteiger partial charge in [0.25, 0.3) is 5.91 Å². The number of carbonyl (C=O) groups is 1. The zero-order valence-corrected chi connectivity index (χ0v) is 14.2. The minimum atomic E-state index is -0.624. The van der Waals surface area contributed by atoms with Crippen LogP contribution in [0, 0.1) is 6.92 Å². The van der Waals surface area contributed by atoms with Crippen molar-refractivity contribution in [1.29, 1.82) is 0 Å². The van der Waals surface area contributed by atoms with Crippen molar-refractivity contribution in [2.45, 2.75) is 26.9 Å². The van der Waals surface area contributed by atoms with Gasteiger partial charge >= 0.3 is 0 Å². The number of halogens is 1. The Bertz CT molecular complexity index is 670. The van der Waals surface area contributed by atoms with Crippen LogP contribution in [-0.4, -0.2) is 18.6 Å². The van der Waals surface area contributed by atoms with Crippen molar-refractivity contribution in [3.05, 3.63) is 53.1 Å². The van der Waals surface area contributed by atoms with E-state index >= 15 is 0 Å². The minimum Gasteiger partial charge on any atom is -0.494 e. The lowest BCUT2D eigenvalue weighted by molar-refractivity contribution is -0.122. The van der Waals surface area contributed by atoms with E-state index in [1.807, 2.05) is 26.0 Å². The third-order valence-corrected chi connectivity index (χ3v) is 3.48. The van der Waals surface area contributed by atoms with E-state index in [-0.39, 0.29) is 5.91 Å². The van der Waals surface area contributed by atoms with Gasteiger partial charge in [-0.1, -0.05) is 11.6 Å². The quantitative estimate of drug-likeness (QED) is 0.849. The van der Waals surface area contributed by atoms with E-state index in [1.54, 1.807) is 37.3 Å². The monoisotopic (exact) mass is 333 g/mol. The number of amides is 1. The number of nitrogens with one attached hydrogen (secondary N) is 1. The Labute approximate surface area is 141 Å². The molecule has 0 radical (unpaired) electrons. The smallest absolute Gasteiger partial charge is 0.265 e. The van der Waals surface area contributed by atoms with Crippen LogP contribution in [-0.2, 0) is 4.79 Å². The van der Waals surface area contributed by atoms with Crippen molar-refractivity contribution < 1.29 is 14.3 Å². The average molecular weight is 334 g/mol. The van der Waals surface area contributed by atoms with Crippen LogP contribution in [0.1, 0.15) is 19.4 Å². The molecule has 0 aromatic heterocycles. The number of hydrogen-bond acceptors (Lipinski definition) is 3. The molecule has 0 aliphatic carbocycles. The van der Waals surface area contributed by atoms with Crippen LogP contribution in [0.2, 0.25) is 5.02 Å². The molecular formula is C18H20ClNO3. The summed E-state index contributed by atoms with van der Waals surface area (Å²) in [6.07, 6.45) is -0.624. The molecule has 1 N–H and O–H groups in total. The summed E-state index contributed by atoms with van der Waals surface area (Å²) in [7, 11) is 0. The highest BCUT2D eigenvalue weighted by atomic mass is 35.5. The summed E-state index contributed by atoms with van der Waals surface area (Å²) in [5, 5.41) is 3.46. The standard InChI is InChI=1S/C18H20ClNO3/c1-4-22-16-8-6-15(7-9-16)20-18(21)13(3)23-17-10-5-14(19)11-12(17)2/h5-11,13H,4H2,1-3H3,(H,20,21). The Morgan fingerprint density at radius 3 is 2.52 bits per heavy atom. The Morgan fingerprint density at radius 2 is 1.91 bits per heavy atom. The summed E-state index contributed by atoms with van der Waals surface area (Å²) in [5.74, 6) is 1.19. The summed E-state index contributed by atoms with van der Waals surface area (Å²) in [6, 6.07) is 12.5. The molecule has 0 aliphatic rings. The number of rotatable bonds is 6. The van der Waals surface area contributed by atoms with Crippen LogP contribution in [0.3, 0.4) is 0 Å². The van der Waals surface area contributed by atoms with Crippen LogP contribution < -0.4 is 14.8 Å². The summed E-state index contributed by atoms with van der Waals surface area (Å²) in [6.45, 7) is 6.13. The van der Waals surface area contributed by atoms with Gasteiger partial charge in [0, 0.05) is 10.7 Å².